The zero-order chi connectivity index (χ0) is 21.3. The maximum Gasteiger partial charge on any atom is 0.347 e. The van der Waals surface area contributed by atoms with Crippen molar-refractivity contribution in [3.8, 4) is 0 Å². The molecule has 1 saturated heterocycles. The molecule has 0 saturated carbocycles. The van der Waals surface area contributed by atoms with Crippen molar-refractivity contribution in [1.82, 2.24) is 4.90 Å². The average Bonchev–Trinajstić information content (AvgIpc) is 2.79. The highest BCUT2D eigenvalue weighted by molar-refractivity contribution is 6.12. The van der Waals surface area contributed by atoms with E-state index >= 15 is 0 Å². The molecule has 2 unspecified atom stereocenters. The third-order valence-electron chi connectivity index (χ3n) is 4.85. The molecular weight excluding hydrogens is 362 g/mol. The minimum Gasteiger partial charge on any atom is -0.461 e. The summed E-state index contributed by atoms with van der Waals surface area (Å²) in [7, 11) is 0. The Bertz CT molecular complexity index is 719. The minimum atomic E-state index is -2.30. The van der Waals surface area contributed by atoms with Gasteiger partial charge in [-0.2, -0.15) is 0 Å². The fourth-order valence-electron chi connectivity index (χ4n) is 3.66. The van der Waals surface area contributed by atoms with Crippen molar-refractivity contribution >= 4 is 17.8 Å². The summed E-state index contributed by atoms with van der Waals surface area (Å²) in [5.74, 6) is -2.51. The summed E-state index contributed by atoms with van der Waals surface area (Å²) in [5, 5.41) is 11.1. The zero-order valence-corrected chi connectivity index (χ0v) is 17.3. The van der Waals surface area contributed by atoms with Crippen molar-refractivity contribution in [2.45, 2.75) is 77.4 Å². The molecule has 1 aliphatic heterocycles. The average molecular weight is 391 g/mol. The van der Waals surface area contributed by atoms with E-state index in [1.165, 1.54) is 6.92 Å². The number of likely N-dealkylation sites (tertiary alicyclic amines) is 1. The van der Waals surface area contributed by atoms with Crippen molar-refractivity contribution < 1.29 is 29.0 Å². The molecular formula is C21H29NO6. The van der Waals surface area contributed by atoms with Crippen LogP contribution in [0.5, 0.6) is 0 Å². The third kappa shape index (κ3) is 3.63. The molecule has 0 aromatic heterocycles. The first-order valence-electron chi connectivity index (χ1n) is 9.46. The lowest BCUT2D eigenvalue weighted by Crippen LogP contribution is -2.69. The highest BCUT2D eigenvalue weighted by Gasteiger charge is 2.72. The molecule has 7 nitrogen and oxygen atoms in total. The summed E-state index contributed by atoms with van der Waals surface area (Å²) in [6, 6.07) is 8.33. The number of amides is 1. The zero-order valence-electron chi connectivity index (χ0n) is 17.3. The van der Waals surface area contributed by atoms with Crippen molar-refractivity contribution in [2.75, 3.05) is 0 Å². The molecule has 7 heteroatoms. The van der Waals surface area contributed by atoms with Crippen LogP contribution in [0.25, 0.3) is 0 Å². The Hall–Kier alpha value is -2.41. The number of nitrogens with zero attached hydrogens (tertiary/aromatic N) is 1. The Kier molecular flexibility index (Phi) is 6.18. The van der Waals surface area contributed by atoms with Crippen LogP contribution in [-0.4, -0.2) is 51.2 Å². The van der Waals surface area contributed by atoms with Crippen molar-refractivity contribution in [3.63, 3.8) is 0 Å². The SMILES string of the molecule is CC(C)OC(=O)C1(C(=O)OC(C)C)N(C(C)c2ccccc2)C(=O)CC1(C)O. The fraction of sp³-hybridized carbons (Fsp3) is 0.571. The van der Waals surface area contributed by atoms with Gasteiger partial charge in [0.25, 0.3) is 5.54 Å². The third-order valence-corrected chi connectivity index (χ3v) is 4.85. The number of esters is 2. The molecule has 1 heterocycles. The Morgan fingerprint density at radius 3 is 1.89 bits per heavy atom. The van der Waals surface area contributed by atoms with Gasteiger partial charge in [0.15, 0.2) is 0 Å². The van der Waals surface area contributed by atoms with Gasteiger partial charge in [0.2, 0.25) is 5.91 Å². The quantitative estimate of drug-likeness (QED) is 0.591. The van der Waals surface area contributed by atoms with Crippen LogP contribution >= 0.6 is 0 Å². The van der Waals surface area contributed by atoms with Crippen LogP contribution in [0, 0.1) is 0 Å². The molecule has 1 amide bonds. The number of aliphatic hydroxyl groups is 1. The Morgan fingerprint density at radius 1 is 1.00 bits per heavy atom. The number of benzene rings is 1. The summed E-state index contributed by atoms with van der Waals surface area (Å²) in [6.07, 6.45) is -1.49. The monoisotopic (exact) mass is 391 g/mol. The molecule has 0 spiro atoms. The van der Waals surface area contributed by atoms with Gasteiger partial charge in [-0.05, 0) is 47.1 Å². The molecule has 1 aromatic rings. The second kappa shape index (κ2) is 7.91. The van der Waals surface area contributed by atoms with E-state index in [0.29, 0.717) is 5.56 Å². The molecule has 2 atom stereocenters. The van der Waals surface area contributed by atoms with Gasteiger partial charge >= 0.3 is 11.9 Å². The van der Waals surface area contributed by atoms with E-state index in [0.717, 1.165) is 4.90 Å². The first-order chi connectivity index (χ1) is 12.9. The van der Waals surface area contributed by atoms with Crippen LogP contribution in [0.3, 0.4) is 0 Å². The number of carbonyl (C=O) groups is 3. The standard InChI is InChI=1S/C21H29NO6/c1-13(2)27-18(24)21(19(25)28-14(3)4)20(6,26)12-17(23)22(21)15(5)16-10-8-7-9-11-16/h7-11,13-15,26H,12H2,1-6H3. The van der Waals surface area contributed by atoms with E-state index in [4.69, 9.17) is 9.47 Å². The first-order valence-corrected chi connectivity index (χ1v) is 9.46. The maximum atomic E-state index is 13.2. The smallest absolute Gasteiger partial charge is 0.347 e. The summed E-state index contributed by atoms with van der Waals surface area (Å²) in [4.78, 5) is 40.5. The Morgan fingerprint density at radius 2 is 1.46 bits per heavy atom. The van der Waals surface area contributed by atoms with Gasteiger partial charge < -0.3 is 19.5 Å². The number of hydrogen-bond acceptors (Lipinski definition) is 6. The molecule has 0 aliphatic carbocycles. The molecule has 28 heavy (non-hydrogen) atoms. The van der Waals surface area contributed by atoms with Gasteiger partial charge in [0, 0.05) is 0 Å². The van der Waals surface area contributed by atoms with Gasteiger partial charge in [-0.15, -0.1) is 0 Å². The summed E-state index contributed by atoms with van der Waals surface area (Å²) in [6.45, 7) is 9.54. The second-order valence-electron chi connectivity index (χ2n) is 7.92. The van der Waals surface area contributed by atoms with E-state index in [1.807, 2.05) is 6.07 Å². The van der Waals surface area contributed by atoms with E-state index in [2.05, 4.69) is 0 Å². The molecule has 2 rings (SSSR count). The molecule has 0 bridgehead atoms. The normalized spacial score (nSPS) is 22.5. The number of carbonyl (C=O) groups excluding carboxylic acids is 3. The van der Waals surface area contributed by atoms with Crippen LogP contribution < -0.4 is 0 Å². The highest BCUT2D eigenvalue weighted by atomic mass is 16.6. The first kappa shape index (κ1) is 21.9. The molecule has 1 aliphatic rings. The predicted molar refractivity (Wildman–Crippen MR) is 102 cm³/mol. The van der Waals surface area contributed by atoms with Crippen LogP contribution in [0.15, 0.2) is 30.3 Å². The van der Waals surface area contributed by atoms with Gasteiger partial charge in [-0.3, -0.25) is 4.79 Å². The van der Waals surface area contributed by atoms with Crippen LogP contribution in [-0.2, 0) is 23.9 Å². The van der Waals surface area contributed by atoms with E-state index in [-0.39, 0.29) is 0 Å². The molecule has 154 valence electrons. The van der Waals surface area contributed by atoms with Gasteiger partial charge in [-0.1, -0.05) is 30.3 Å². The maximum absolute atomic E-state index is 13.2. The Labute approximate surface area is 165 Å². The van der Waals surface area contributed by atoms with Crippen molar-refractivity contribution in [3.05, 3.63) is 35.9 Å². The molecule has 1 aromatic carbocycles. The highest BCUT2D eigenvalue weighted by Crippen LogP contribution is 2.46. The number of hydrogen-bond donors (Lipinski definition) is 1. The van der Waals surface area contributed by atoms with E-state index in [1.54, 1.807) is 58.9 Å². The number of ether oxygens (including phenoxy) is 2. The summed E-state index contributed by atoms with van der Waals surface area (Å²) < 4.78 is 10.7. The summed E-state index contributed by atoms with van der Waals surface area (Å²) in [5.41, 5.74) is -3.58. The number of rotatable bonds is 6. The molecule has 1 N–H and O–H groups in total. The second-order valence-corrected chi connectivity index (χ2v) is 7.92. The van der Waals surface area contributed by atoms with Gasteiger partial charge in [0.1, 0.15) is 5.60 Å². The van der Waals surface area contributed by atoms with Gasteiger partial charge in [-0.25, -0.2) is 9.59 Å². The molecule has 0 radical (unpaired) electrons. The lowest BCUT2D eigenvalue weighted by atomic mass is 9.80. The van der Waals surface area contributed by atoms with E-state index < -0.39 is 53.7 Å². The predicted octanol–water partition coefficient (Wildman–Crippen LogP) is 2.37. The van der Waals surface area contributed by atoms with E-state index in [9.17, 15) is 19.5 Å². The van der Waals surface area contributed by atoms with Crippen LogP contribution in [0.1, 0.15) is 59.6 Å². The van der Waals surface area contributed by atoms with Crippen molar-refractivity contribution in [2.24, 2.45) is 0 Å². The molecule has 1 fully saturated rings. The lowest BCUT2D eigenvalue weighted by Gasteiger charge is -2.43. The largest absolute Gasteiger partial charge is 0.461 e. The van der Waals surface area contributed by atoms with Crippen LogP contribution in [0.4, 0.5) is 0 Å². The van der Waals surface area contributed by atoms with Crippen molar-refractivity contribution in [1.29, 1.82) is 0 Å². The Balaban J connectivity index is 2.69. The van der Waals surface area contributed by atoms with Crippen LogP contribution in [0.2, 0.25) is 0 Å². The minimum absolute atomic E-state index is 0.398. The van der Waals surface area contributed by atoms with Gasteiger partial charge in [0.05, 0.1) is 24.7 Å². The fourth-order valence-corrected chi connectivity index (χ4v) is 3.66. The summed E-state index contributed by atoms with van der Waals surface area (Å²) >= 11 is 0. The lowest BCUT2D eigenvalue weighted by molar-refractivity contribution is -0.195. The topological polar surface area (TPSA) is 93.1 Å².